The van der Waals surface area contributed by atoms with Crippen LogP contribution in [0.2, 0.25) is 5.15 Å². The van der Waals surface area contributed by atoms with Crippen LogP contribution in [0.4, 0.5) is 4.39 Å². The Morgan fingerprint density at radius 1 is 1.38 bits per heavy atom. The van der Waals surface area contributed by atoms with Gasteiger partial charge in [-0.15, -0.1) is 0 Å². The second-order valence-corrected chi connectivity index (χ2v) is 8.25. The molecule has 0 spiro atoms. The summed E-state index contributed by atoms with van der Waals surface area (Å²) < 4.78 is 20.4. The second-order valence-electron chi connectivity index (χ2n) is 7.89. The number of aryl methyl sites for hydroxylation is 1. The molecule has 0 aliphatic carbocycles. The van der Waals surface area contributed by atoms with Gasteiger partial charge in [-0.2, -0.15) is 5.10 Å². The lowest BCUT2D eigenvalue weighted by atomic mass is 10.1. The van der Waals surface area contributed by atoms with Gasteiger partial charge in [0.05, 0.1) is 30.5 Å². The molecular formula is C21H28ClFN4O2. The Bertz CT molecular complexity index is 838. The first-order chi connectivity index (χ1) is 13.8. The lowest BCUT2D eigenvalue weighted by molar-refractivity contribution is -0.0295. The van der Waals surface area contributed by atoms with E-state index in [9.17, 15) is 9.18 Å². The van der Waals surface area contributed by atoms with E-state index in [4.69, 9.17) is 16.3 Å². The van der Waals surface area contributed by atoms with Gasteiger partial charge in [-0.05, 0) is 30.5 Å². The smallest absolute Gasteiger partial charge is 0.256 e. The fourth-order valence-corrected chi connectivity index (χ4v) is 3.88. The summed E-state index contributed by atoms with van der Waals surface area (Å²) in [5.41, 5.74) is 1.77. The minimum atomic E-state index is -0.298. The van der Waals surface area contributed by atoms with Gasteiger partial charge >= 0.3 is 0 Å². The third kappa shape index (κ3) is 5.78. The van der Waals surface area contributed by atoms with Crippen molar-refractivity contribution in [2.75, 3.05) is 32.8 Å². The standard InChI is InChI=1S/C21H28ClFN4O2/c1-14(2)11-26-8-9-29-18(13-26)10-24-21(28)19-15(3)25-27(20(19)22)12-16-4-6-17(23)7-5-16/h4-7,14,18H,8-13H2,1-3H3,(H,24,28). The van der Waals surface area contributed by atoms with Crippen molar-refractivity contribution < 1.29 is 13.9 Å². The Labute approximate surface area is 176 Å². The molecule has 0 radical (unpaired) electrons. The maximum absolute atomic E-state index is 13.1. The number of morpholine rings is 1. The quantitative estimate of drug-likeness (QED) is 0.744. The summed E-state index contributed by atoms with van der Waals surface area (Å²) in [4.78, 5) is 15.1. The third-order valence-corrected chi connectivity index (χ3v) is 5.26. The SMILES string of the molecule is Cc1nn(Cc2ccc(F)cc2)c(Cl)c1C(=O)NCC1CN(CC(C)C)CCO1. The Morgan fingerprint density at radius 2 is 2.10 bits per heavy atom. The molecule has 1 fully saturated rings. The van der Waals surface area contributed by atoms with Crippen molar-refractivity contribution in [3.05, 3.63) is 52.1 Å². The van der Waals surface area contributed by atoms with Gasteiger partial charge in [-0.1, -0.05) is 37.6 Å². The van der Waals surface area contributed by atoms with Gasteiger partial charge < -0.3 is 10.1 Å². The number of hydrogen-bond donors (Lipinski definition) is 1. The second kappa shape index (κ2) is 9.69. The third-order valence-electron chi connectivity index (χ3n) is 4.87. The molecule has 6 nitrogen and oxygen atoms in total. The Kier molecular flexibility index (Phi) is 7.27. The van der Waals surface area contributed by atoms with E-state index >= 15 is 0 Å². The van der Waals surface area contributed by atoms with Gasteiger partial charge in [0.15, 0.2) is 0 Å². The summed E-state index contributed by atoms with van der Waals surface area (Å²) in [7, 11) is 0. The summed E-state index contributed by atoms with van der Waals surface area (Å²) >= 11 is 6.43. The molecule has 1 saturated heterocycles. The van der Waals surface area contributed by atoms with E-state index in [0.29, 0.717) is 36.9 Å². The number of nitrogens with one attached hydrogen (secondary N) is 1. The molecule has 8 heteroatoms. The van der Waals surface area contributed by atoms with Crippen molar-refractivity contribution in [3.63, 3.8) is 0 Å². The average Bonchev–Trinajstić information content (AvgIpc) is 2.95. The van der Waals surface area contributed by atoms with Crippen LogP contribution in [0.1, 0.15) is 35.5 Å². The molecule has 158 valence electrons. The highest BCUT2D eigenvalue weighted by Crippen LogP contribution is 2.21. The lowest BCUT2D eigenvalue weighted by Gasteiger charge is -2.33. The van der Waals surface area contributed by atoms with E-state index in [1.807, 2.05) is 0 Å². The van der Waals surface area contributed by atoms with Crippen molar-refractivity contribution in [3.8, 4) is 0 Å². The molecule has 1 amide bonds. The molecule has 1 N–H and O–H groups in total. The normalized spacial score (nSPS) is 17.7. The number of benzene rings is 1. The van der Waals surface area contributed by atoms with Crippen molar-refractivity contribution in [2.24, 2.45) is 5.92 Å². The number of hydrogen-bond acceptors (Lipinski definition) is 4. The predicted octanol–water partition coefficient (Wildman–Crippen LogP) is 3.12. The molecule has 1 aromatic carbocycles. The number of halogens is 2. The van der Waals surface area contributed by atoms with Crippen molar-refractivity contribution in [1.82, 2.24) is 20.0 Å². The summed E-state index contributed by atoms with van der Waals surface area (Å²) in [6.07, 6.45) is -0.0419. The van der Waals surface area contributed by atoms with Crippen LogP contribution in [-0.2, 0) is 11.3 Å². The summed E-state index contributed by atoms with van der Waals surface area (Å²) in [5.74, 6) is 0.0348. The van der Waals surface area contributed by atoms with Gasteiger partial charge in [-0.3, -0.25) is 9.69 Å². The van der Waals surface area contributed by atoms with Gasteiger partial charge in [0, 0.05) is 26.2 Å². The molecule has 3 rings (SSSR count). The molecular weight excluding hydrogens is 395 g/mol. The van der Waals surface area contributed by atoms with Crippen LogP contribution in [0.15, 0.2) is 24.3 Å². The van der Waals surface area contributed by atoms with E-state index in [0.717, 1.165) is 25.2 Å². The summed E-state index contributed by atoms with van der Waals surface area (Å²) in [6.45, 7) is 10.3. The molecule has 1 aliphatic heterocycles. The fourth-order valence-electron chi connectivity index (χ4n) is 3.56. The molecule has 0 bridgehead atoms. The number of ether oxygens (including phenoxy) is 1. The summed E-state index contributed by atoms with van der Waals surface area (Å²) in [5, 5.41) is 7.58. The van der Waals surface area contributed by atoms with Crippen molar-refractivity contribution in [1.29, 1.82) is 0 Å². The minimum absolute atomic E-state index is 0.0419. The molecule has 1 unspecified atom stereocenters. The first-order valence-corrected chi connectivity index (χ1v) is 10.3. The summed E-state index contributed by atoms with van der Waals surface area (Å²) in [6, 6.07) is 6.12. The van der Waals surface area contributed by atoms with Gasteiger partial charge in [0.25, 0.3) is 5.91 Å². The number of aromatic nitrogens is 2. The zero-order valence-corrected chi connectivity index (χ0v) is 17.9. The van der Waals surface area contributed by atoms with Crippen LogP contribution >= 0.6 is 11.6 Å². The molecule has 1 aromatic heterocycles. The number of amides is 1. The highest BCUT2D eigenvalue weighted by molar-refractivity contribution is 6.33. The van der Waals surface area contributed by atoms with E-state index in [2.05, 4.69) is 29.2 Å². The van der Waals surface area contributed by atoms with Crippen LogP contribution in [0.3, 0.4) is 0 Å². The van der Waals surface area contributed by atoms with E-state index in [1.54, 1.807) is 23.7 Å². The predicted molar refractivity (Wildman–Crippen MR) is 111 cm³/mol. The Morgan fingerprint density at radius 3 is 2.79 bits per heavy atom. The number of carbonyl (C=O) groups excluding carboxylic acids is 1. The number of rotatable bonds is 7. The van der Waals surface area contributed by atoms with E-state index in [1.165, 1.54) is 12.1 Å². The molecule has 0 saturated carbocycles. The molecule has 1 aliphatic rings. The van der Waals surface area contributed by atoms with Gasteiger partial charge in [-0.25, -0.2) is 9.07 Å². The first-order valence-electron chi connectivity index (χ1n) is 9.93. The van der Waals surface area contributed by atoms with E-state index < -0.39 is 0 Å². The van der Waals surface area contributed by atoms with Crippen LogP contribution in [-0.4, -0.2) is 59.5 Å². The lowest BCUT2D eigenvalue weighted by Crippen LogP contribution is -2.48. The molecule has 2 heterocycles. The van der Waals surface area contributed by atoms with E-state index in [-0.39, 0.29) is 23.0 Å². The van der Waals surface area contributed by atoms with Crippen LogP contribution in [0.25, 0.3) is 0 Å². The van der Waals surface area contributed by atoms with Crippen molar-refractivity contribution in [2.45, 2.75) is 33.4 Å². The van der Waals surface area contributed by atoms with Gasteiger partial charge in [0.2, 0.25) is 0 Å². The number of nitrogens with zero attached hydrogens (tertiary/aromatic N) is 3. The molecule has 1 atom stereocenters. The zero-order chi connectivity index (χ0) is 21.0. The highest BCUT2D eigenvalue weighted by atomic mass is 35.5. The fraction of sp³-hybridized carbons (Fsp3) is 0.524. The van der Waals surface area contributed by atoms with Crippen LogP contribution < -0.4 is 5.32 Å². The average molecular weight is 423 g/mol. The maximum Gasteiger partial charge on any atom is 0.256 e. The maximum atomic E-state index is 13.1. The highest BCUT2D eigenvalue weighted by Gasteiger charge is 2.24. The largest absolute Gasteiger partial charge is 0.374 e. The van der Waals surface area contributed by atoms with Crippen LogP contribution in [0, 0.1) is 18.7 Å². The monoisotopic (exact) mass is 422 g/mol. The molecule has 2 aromatic rings. The van der Waals surface area contributed by atoms with Crippen LogP contribution in [0.5, 0.6) is 0 Å². The zero-order valence-electron chi connectivity index (χ0n) is 17.1. The Hall–Kier alpha value is -1.96. The Balaban J connectivity index is 1.60. The number of carbonyl (C=O) groups is 1. The first kappa shape index (κ1) is 21.7. The van der Waals surface area contributed by atoms with Crippen molar-refractivity contribution >= 4 is 17.5 Å². The van der Waals surface area contributed by atoms with Gasteiger partial charge in [0.1, 0.15) is 11.0 Å². The molecule has 29 heavy (non-hydrogen) atoms. The minimum Gasteiger partial charge on any atom is -0.374 e. The topological polar surface area (TPSA) is 59.4 Å².